The van der Waals surface area contributed by atoms with Crippen LogP contribution in [0.5, 0.6) is 0 Å². The van der Waals surface area contributed by atoms with E-state index in [2.05, 4.69) is 42.9 Å². The first kappa shape index (κ1) is 15.3. The highest BCUT2D eigenvalue weighted by molar-refractivity contribution is 7.09. The van der Waals surface area contributed by atoms with Crippen molar-refractivity contribution in [2.24, 2.45) is 16.8 Å². The Morgan fingerprint density at radius 2 is 2.15 bits per heavy atom. The van der Waals surface area contributed by atoms with E-state index in [4.69, 9.17) is 4.99 Å². The molecule has 5 heteroatoms. The molecule has 0 aliphatic carbocycles. The first-order valence-corrected chi connectivity index (χ1v) is 8.40. The molecule has 2 unspecified atom stereocenters. The van der Waals surface area contributed by atoms with Crippen LogP contribution >= 0.6 is 11.3 Å². The van der Waals surface area contributed by atoms with Crippen molar-refractivity contribution in [2.75, 3.05) is 19.6 Å². The van der Waals surface area contributed by atoms with Crippen LogP contribution in [0.1, 0.15) is 37.8 Å². The molecule has 1 N–H and O–H groups in total. The zero-order valence-electron chi connectivity index (χ0n) is 13.0. The molecule has 2 rings (SSSR count). The SMILES string of the molecule is CCNC(=NCc1scnc1C)N1CC(C)CC(C)C1. The first-order valence-electron chi connectivity index (χ1n) is 7.52. The Hall–Kier alpha value is -1.10. The Bertz CT molecular complexity index is 444. The number of aryl methyl sites for hydroxylation is 1. The van der Waals surface area contributed by atoms with Crippen LogP contribution in [0.25, 0.3) is 0 Å². The fourth-order valence-corrected chi connectivity index (χ4v) is 3.59. The van der Waals surface area contributed by atoms with Crippen LogP contribution in [0.4, 0.5) is 0 Å². The minimum atomic E-state index is 0.734. The van der Waals surface area contributed by atoms with Gasteiger partial charge in [-0.25, -0.2) is 9.98 Å². The first-order chi connectivity index (χ1) is 9.60. The van der Waals surface area contributed by atoms with Crippen molar-refractivity contribution >= 4 is 17.3 Å². The summed E-state index contributed by atoms with van der Waals surface area (Å²) in [5, 5.41) is 3.44. The molecule has 1 aromatic rings. The zero-order chi connectivity index (χ0) is 14.5. The summed E-state index contributed by atoms with van der Waals surface area (Å²) in [6, 6.07) is 0. The largest absolute Gasteiger partial charge is 0.357 e. The zero-order valence-corrected chi connectivity index (χ0v) is 13.8. The molecule has 1 aliphatic rings. The van der Waals surface area contributed by atoms with E-state index in [9.17, 15) is 0 Å². The smallest absolute Gasteiger partial charge is 0.194 e. The lowest BCUT2D eigenvalue weighted by atomic mass is 9.92. The number of thiazole rings is 1. The minimum absolute atomic E-state index is 0.734. The number of hydrogen-bond donors (Lipinski definition) is 1. The Morgan fingerprint density at radius 3 is 2.70 bits per heavy atom. The molecule has 0 bridgehead atoms. The van der Waals surface area contributed by atoms with E-state index in [1.807, 2.05) is 5.51 Å². The number of aromatic nitrogens is 1. The molecule has 1 saturated heterocycles. The summed E-state index contributed by atoms with van der Waals surface area (Å²) in [6.45, 7) is 12.7. The summed E-state index contributed by atoms with van der Waals surface area (Å²) in [6.07, 6.45) is 1.32. The average Bonchev–Trinajstić information content (AvgIpc) is 2.79. The fourth-order valence-electron chi connectivity index (χ4n) is 2.89. The lowest BCUT2D eigenvalue weighted by Crippen LogP contribution is -2.48. The predicted octanol–water partition coefficient (Wildman–Crippen LogP) is 2.89. The van der Waals surface area contributed by atoms with Gasteiger partial charge in [-0.05, 0) is 32.1 Å². The monoisotopic (exact) mass is 294 g/mol. The van der Waals surface area contributed by atoms with Gasteiger partial charge < -0.3 is 10.2 Å². The highest BCUT2D eigenvalue weighted by Gasteiger charge is 2.23. The van der Waals surface area contributed by atoms with E-state index in [1.165, 1.54) is 11.3 Å². The lowest BCUT2D eigenvalue weighted by Gasteiger charge is -2.37. The fraction of sp³-hybridized carbons (Fsp3) is 0.733. The third-order valence-electron chi connectivity index (χ3n) is 3.72. The maximum Gasteiger partial charge on any atom is 0.194 e. The molecule has 0 spiro atoms. The molecule has 0 amide bonds. The molecule has 1 fully saturated rings. The second-order valence-electron chi connectivity index (χ2n) is 5.88. The van der Waals surface area contributed by atoms with Crippen molar-refractivity contribution in [2.45, 2.75) is 40.7 Å². The summed E-state index contributed by atoms with van der Waals surface area (Å²) >= 11 is 1.69. The van der Waals surface area contributed by atoms with Crippen LogP contribution in [0.3, 0.4) is 0 Å². The van der Waals surface area contributed by atoms with Gasteiger partial charge in [0, 0.05) is 24.5 Å². The quantitative estimate of drug-likeness (QED) is 0.688. The van der Waals surface area contributed by atoms with Crippen molar-refractivity contribution in [3.05, 3.63) is 16.1 Å². The molecule has 1 aliphatic heterocycles. The summed E-state index contributed by atoms with van der Waals surface area (Å²) in [4.78, 5) is 12.8. The van der Waals surface area contributed by atoms with E-state index in [1.54, 1.807) is 11.3 Å². The van der Waals surface area contributed by atoms with Crippen LogP contribution in [0, 0.1) is 18.8 Å². The van der Waals surface area contributed by atoms with E-state index in [-0.39, 0.29) is 0 Å². The number of hydrogen-bond acceptors (Lipinski definition) is 3. The standard InChI is InChI=1S/C15H26N4S/c1-5-16-15(17-7-14-13(4)18-10-20-14)19-8-11(2)6-12(3)9-19/h10-12H,5-9H2,1-4H3,(H,16,17). The van der Waals surface area contributed by atoms with E-state index >= 15 is 0 Å². The maximum atomic E-state index is 4.81. The molecule has 20 heavy (non-hydrogen) atoms. The number of nitrogens with zero attached hydrogens (tertiary/aromatic N) is 3. The van der Waals surface area contributed by atoms with Gasteiger partial charge in [-0.1, -0.05) is 13.8 Å². The number of rotatable bonds is 3. The van der Waals surface area contributed by atoms with Gasteiger partial charge >= 0.3 is 0 Å². The highest BCUT2D eigenvalue weighted by atomic mass is 32.1. The number of likely N-dealkylation sites (tertiary alicyclic amines) is 1. The van der Waals surface area contributed by atoms with E-state index in [0.717, 1.165) is 49.7 Å². The van der Waals surface area contributed by atoms with Crippen molar-refractivity contribution in [1.29, 1.82) is 0 Å². The van der Waals surface area contributed by atoms with Gasteiger partial charge in [-0.3, -0.25) is 0 Å². The Morgan fingerprint density at radius 1 is 1.45 bits per heavy atom. The molecule has 4 nitrogen and oxygen atoms in total. The second-order valence-corrected chi connectivity index (χ2v) is 6.82. The average molecular weight is 294 g/mol. The van der Waals surface area contributed by atoms with Gasteiger partial charge in [0.25, 0.3) is 0 Å². The molecule has 0 saturated carbocycles. The summed E-state index contributed by atoms with van der Waals surface area (Å²) < 4.78 is 0. The Labute approximate surface area is 126 Å². The van der Waals surface area contributed by atoms with Crippen LogP contribution in [-0.4, -0.2) is 35.5 Å². The third-order valence-corrected chi connectivity index (χ3v) is 4.64. The molecular weight excluding hydrogens is 268 g/mol. The van der Waals surface area contributed by atoms with E-state index in [0.29, 0.717) is 0 Å². The maximum absolute atomic E-state index is 4.81. The van der Waals surface area contributed by atoms with Gasteiger partial charge in [0.2, 0.25) is 0 Å². The summed E-state index contributed by atoms with van der Waals surface area (Å²) in [5.41, 5.74) is 3.01. The van der Waals surface area contributed by atoms with Crippen molar-refractivity contribution in [3.63, 3.8) is 0 Å². The van der Waals surface area contributed by atoms with E-state index < -0.39 is 0 Å². The van der Waals surface area contributed by atoms with Gasteiger partial charge in [0.15, 0.2) is 5.96 Å². The lowest BCUT2D eigenvalue weighted by molar-refractivity contribution is 0.208. The van der Waals surface area contributed by atoms with Crippen LogP contribution in [0.15, 0.2) is 10.5 Å². The second kappa shape index (κ2) is 7.07. The van der Waals surface area contributed by atoms with Crippen LogP contribution < -0.4 is 5.32 Å². The Kier molecular flexibility index (Phi) is 5.40. The number of guanidine groups is 1. The van der Waals surface area contributed by atoms with Gasteiger partial charge in [0.1, 0.15) is 0 Å². The van der Waals surface area contributed by atoms with Crippen LogP contribution in [-0.2, 0) is 6.54 Å². The molecule has 0 radical (unpaired) electrons. The van der Waals surface area contributed by atoms with Gasteiger partial charge in [0.05, 0.1) is 17.7 Å². The topological polar surface area (TPSA) is 40.5 Å². The third kappa shape index (κ3) is 3.95. The van der Waals surface area contributed by atoms with Gasteiger partial charge in [-0.2, -0.15) is 0 Å². The molecule has 2 heterocycles. The predicted molar refractivity (Wildman–Crippen MR) is 86.2 cm³/mol. The molecule has 1 aromatic heterocycles. The molecule has 0 aromatic carbocycles. The minimum Gasteiger partial charge on any atom is -0.357 e. The summed E-state index contributed by atoms with van der Waals surface area (Å²) in [5.74, 6) is 2.54. The van der Waals surface area contributed by atoms with Gasteiger partial charge in [-0.15, -0.1) is 11.3 Å². The molecular formula is C15H26N4S. The molecule has 112 valence electrons. The highest BCUT2D eigenvalue weighted by Crippen LogP contribution is 2.21. The number of aliphatic imine (C=N–C) groups is 1. The normalized spacial score (nSPS) is 24.0. The number of piperidine rings is 1. The van der Waals surface area contributed by atoms with Crippen molar-refractivity contribution < 1.29 is 0 Å². The summed E-state index contributed by atoms with van der Waals surface area (Å²) in [7, 11) is 0. The number of nitrogens with one attached hydrogen (secondary N) is 1. The van der Waals surface area contributed by atoms with Crippen LogP contribution in [0.2, 0.25) is 0 Å². The van der Waals surface area contributed by atoms with Crippen molar-refractivity contribution in [3.8, 4) is 0 Å². The van der Waals surface area contributed by atoms with Crippen molar-refractivity contribution in [1.82, 2.24) is 15.2 Å². The molecule has 2 atom stereocenters. The Balaban J connectivity index is 2.07.